The van der Waals surface area contributed by atoms with Crippen molar-refractivity contribution in [2.45, 2.75) is 5.92 Å². The molecular weight excluding hydrogens is 372 g/mol. The molecule has 0 saturated heterocycles. The Balaban J connectivity index is 1.91. The lowest BCUT2D eigenvalue weighted by molar-refractivity contribution is 0.0790. The largest absolute Gasteiger partial charge is 0.337 e. The molecule has 4 heteroatoms. The number of rotatable bonds is 7. The first-order chi connectivity index (χ1) is 14.7. The molecule has 1 unspecified atom stereocenters. The first-order valence-electron chi connectivity index (χ1n) is 9.87. The molecule has 4 nitrogen and oxygen atoms in total. The molecule has 0 spiro atoms. The Morgan fingerprint density at radius 3 is 1.63 bits per heavy atom. The van der Waals surface area contributed by atoms with E-state index < -0.39 is 11.8 Å². The maximum atomic E-state index is 13.7. The zero-order chi connectivity index (χ0) is 20.9. The zero-order valence-electron chi connectivity index (χ0n) is 16.7. The fourth-order valence-electron chi connectivity index (χ4n) is 3.81. The highest BCUT2D eigenvalue weighted by Gasteiger charge is 2.39. The fourth-order valence-corrected chi connectivity index (χ4v) is 3.81. The first kappa shape index (κ1) is 19.5. The summed E-state index contributed by atoms with van der Waals surface area (Å²) >= 11 is 0. The number of aromatic nitrogens is 2. The molecule has 0 N–H and O–H groups in total. The summed E-state index contributed by atoms with van der Waals surface area (Å²) in [6.07, 6.45) is 3.53. The van der Waals surface area contributed by atoms with Crippen LogP contribution in [-0.2, 0) is 7.05 Å². The smallest absolute Gasteiger partial charge is 0.174 e. The number of hydrogen-bond donors (Lipinski definition) is 0. The quantitative estimate of drug-likeness (QED) is 0.330. The lowest BCUT2D eigenvalue weighted by Crippen LogP contribution is -2.32. The molecule has 0 saturated carbocycles. The lowest BCUT2D eigenvalue weighted by atomic mass is 9.76. The minimum absolute atomic E-state index is 0.207. The van der Waals surface area contributed by atoms with Gasteiger partial charge in [0.25, 0.3) is 0 Å². The second kappa shape index (κ2) is 8.70. The molecule has 0 amide bonds. The topological polar surface area (TPSA) is 52.0 Å². The van der Waals surface area contributed by atoms with Gasteiger partial charge in [0, 0.05) is 30.6 Å². The molecule has 1 atom stereocenters. The van der Waals surface area contributed by atoms with E-state index in [1.165, 1.54) is 0 Å². The number of nitrogens with zero attached hydrogens (tertiary/aromatic N) is 2. The van der Waals surface area contributed by atoms with Crippen molar-refractivity contribution >= 4 is 11.6 Å². The van der Waals surface area contributed by atoms with Crippen LogP contribution in [0.15, 0.2) is 103 Å². The van der Waals surface area contributed by atoms with Gasteiger partial charge in [0.15, 0.2) is 11.6 Å². The van der Waals surface area contributed by atoms with Gasteiger partial charge >= 0.3 is 0 Å². The third kappa shape index (κ3) is 3.85. The van der Waals surface area contributed by atoms with Crippen molar-refractivity contribution in [3.8, 4) is 0 Å². The summed E-state index contributed by atoms with van der Waals surface area (Å²) in [5.74, 6) is -1.17. The van der Waals surface area contributed by atoms with Crippen molar-refractivity contribution in [1.29, 1.82) is 0 Å². The summed E-state index contributed by atoms with van der Waals surface area (Å²) in [5, 5.41) is 0. The summed E-state index contributed by atoms with van der Waals surface area (Å²) in [5.41, 5.74) is 1.91. The van der Waals surface area contributed by atoms with Gasteiger partial charge in [-0.05, 0) is 5.56 Å². The molecule has 4 rings (SSSR count). The Labute approximate surface area is 175 Å². The molecule has 0 aliphatic rings. The minimum atomic E-state index is -0.932. The van der Waals surface area contributed by atoms with Crippen LogP contribution in [0.4, 0.5) is 0 Å². The van der Waals surface area contributed by atoms with E-state index in [1.54, 1.807) is 30.5 Å². The molecule has 30 heavy (non-hydrogen) atoms. The molecule has 1 heterocycles. The average molecular weight is 394 g/mol. The monoisotopic (exact) mass is 394 g/mol. The first-order valence-corrected chi connectivity index (χ1v) is 9.87. The number of imidazole rings is 1. The Bertz CT molecular complexity index is 1080. The number of aryl methyl sites for hydroxylation is 1. The molecule has 0 radical (unpaired) electrons. The van der Waals surface area contributed by atoms with Crippen LogP contribution in [0.2, 0.25) is 0 Å². The number of carbonyl (C=O) groups excluding carboxylic acids is 2. The Hall–Kier alpha value is -3.79. The van der Waals surface area contributed by atoms with Gasteiger partial charge < -0.3 is 4.57 Å². The molecule has 4 aromatic rings. The van der Waals surface area contributed by atoms with Crippen LogP contribution in [0.3, 0.4) is 0 Å². The summed E-state index contributed by atoms with van der Waals surface area (Å²) in [7, 11) is 1.88. The highest BCUT2D eigenvalue weighted by Crippen LogP contribution is 2.35. The maximum Gasteiger partial charge on any atom is 0.174 e. The number of Topliss-reactive ketones (excluding diaryl/α,β-unsaturated/α-hetero) is 2. The maximum absolute atomic E-state index is 13.7. The van der Waals surface area contributed by atoms with E-state index in [4.69, 9.17) is 0 Å². The average Bonchev–Trinajstić information content (AvgIpc) is 3.23. The van der Waals surface area contributed by atoms with Crippen LogP contribution in [0, 0.1) is 5.92 Å². The Morgan fingerprint density at radius 1 is 0.733 bits per heavy atom. The predicted molar refractivity (Wildman–Crippen MR) is 117 cm³/mol. The Kier molecular flexibility index (Phi) is 5.66. The van der Waals surface area contributed by atoms with Crippen LogP contribution in [0.1, 0.15) is 38.0 Å². The number of ketones is 2. The van der Waals surface area contributed by atoms with Gasteiger partial charge in [0.2, 0.25) is 0 Å². The molecule has 0 fully saturated rings. The van der Waals surface area contributed by atoms with Gasteiger partial charge in [-0.1, -0.05) is 91.0 Å². The number of hydrogen-bond acceptors (Lipinski definition) is 3. The molecule has 148 valence electrons. The van der Waals surface area contributed by atoms with E-state index in [1.807, 2.05) is 84.5 Å². The molecular formula is C26H22N2O2. The standard InChI is InChI=1S/C26H22N2O2/c1-28-18-17-27-26(28)22(19-11-5-2-6-12-19)23(24(29)20-13-7-3-8-14-20)25(30)21-15-9-4-10-16-21/h2-18,22-23H,1H3. The summed E-state index contributed by atoms with van der Waals surface area (Å²) in [6.45, 7) is 0. The van der Waals surface area contributed by atoms with E-state index in [-0.39, 0.29) is 11.6 Å². The van der Waals surface area contributed by atoms with Crippen molar-refractivity contribution in [1.82, 2.24) is 9.55 Å². The van der Waals surface area contributed by atoms with E-state index >= 15 is 0 Å². The molecule has 0 bridgehead atoms. The highest BCUT2D eigenvalue weighted by atomic mass is 16.2. The number of carbonyl (C=O) groups is 2. The van der Waals surface area contributed by atoms with Gasteiger partial charge in [-0.2, -0.15) is 0 Å². The molecule has 0 aliphatic carbocycles. The Morgan fingerprint density at radius 2 is 1.20 bits per heavy atom. The van der Waals surface area contributed by atoms with Crippen molar-refractivity contribution in [2.24, 2.45) is 13.0 Å². The van der Waals surface area contributed by atoms with Gasteiger partial charge in [-0.15, -0.1) is 0 Å². The fraction of sp³-hybridized carbons (Fsp3) is 0.115. The third-order valence-corrected chi connectivity index (χ3v) is 5.31. The predicted octanol–water partition coefficient (Wildman–Crippen LogP) is 4.93. The van der Waals surface area contributed by atoms with Crippen molar-refractivity contribution in [2.75, 3.05) is 0 Å². The normalized spacial score (nSPS) is 11.9. The van der Waals surface area contributed by atoms with E-state index in [0.717, 1.165) is 5.56 Å². The molecule has 0 aliphatic heterocycles. The van der Waals surface area contributed by atoms with E-state index in [2.05, 4.69) is 4.98 Å². The van der Waals surface area contributed by atoms with Crippen molar-refractivity contribution in [3.63, 3.8) is 0 Å². The highest BCUT2D eigenvalue weighted by molar-refractivity contribution is 6.17. The van der Waals surface area contributed by atoms with Crippen molar-refractivity contribution < 1.29 is 9.59 Å². The van der Waals surface area contributed by atoms with E-state index in [9.17, 15) is 9.59 Å². The molecule has 1 aromatic heterocycles. The van der Waals surface area contributed by atoms with Crippen LogP contribution in [-0.4, -0.2) is 21.1 Å². The van der Waals surface area contributed by atoms with Gasteiger partial charge in [-0.3, -0.25) is 9.59 Å². The minimum Gasteiger partial charge on any atom is -0.337 e. The zero-order valence-corrected chi connectivity index (χ0v) is 16.7. The molecule has 3 aromatic carbocycles. The number of benzene rings is 3. The van der Waals surface area contributed by atoms with Crippen LogP contribution in [0.25, 0.3) is 0 Å². The summed E-state index contributed by atoms with van der Waals surface area (Å²) in [6, 6.07) is 27.7. The van der Waals surface area contributed by atoms with Crippen LogP contribution < -0.4 is 0 Å². The van der Waals surface area contributed by atoms with Crippen molar-refractivity contribution in [3.05, 3.63) is 126 Å². The SMILES string of the molecule is Cn1ccnc1C(c1ccccc1)C(C(=O)c1ccccc1)C(=O)c1ccccc1. The second-order valence-corrected chi connectivity index (χ2v) is 7.22. The van der Waals surface area contributed by atoms with E-state index in [0.29, 0.717) is 17.0 Å². The lowest BCUT2D eigenvalue weighted by Gasteiger charge is -2.26. The van der Waals surface area contributed by atoms with Gasteiger partial charge in [0.05, 0.1) is 11.8 Å². The third-order valence-electron chi connectivity index (χ3n) is 5.31. The summed E-state index contributed by atoms with van der Waals surface area (Å²) < 4.78 is 1.88. The van der Waals surface area contributed by atoms with Crippen LogP contribution in [0.5, 0.6) is 0 Å². The van der Waals surface area contributed by atoms with Gasteiger partial charge in [0.1, 0.15) is 5.82 Å². The second-order valence-electron chi connectivity index (χ2n) is 7.22. The van der Waals surface area contributed by atoms with Gasteiger partial charge in [-0.25, -0.2) is 4.98 Å². The summed E-state index contributed by atoms with van der Waals surface area (Å²) in [4.78, 5) is 32.0. The van der Waals surface area contributed by atoms with Crippen LogP contribution >= 0.6 is 0 Å².